The minimum Gasteiger partial charge on any atom is -0.464 e. The van der Waals surface area contributed by atoms with E-state index in [1.165, 1.54) is 13.2 Å². The number of fused-ring (bicyclic) bond motifs is 1. The van der Waals surface area contributed by atoms with E-state index in [-0.39, 0.29) is 21.6 Å². The molecule has 0 amide bonds. The number of pyridine rings is 1. The zero-order valence-electron chi connectivity index (χ0n) is 8.71. The largest absolute Gasteiger partial charge is 0.464 e. The Bertz CT molecular complexity index is 666. The quantitative estimate of drug-likeness (QED) is 0.794. The number of hydrogen-bond donors (Lipinski definition) is 1. The zero-order chi connectivity index (χ0) is 12.6. The SMILES string of the molecule is COC(=O)c1cc(=O)c2cc(Cl)c(F)cc2[nH]1. The number of benzene rings is 1. The first-order valence-electron chi connectivity index (χ1n) is 4.63. The van der Waals surface area contributed by atoms with E-state index in [1.807, 2.05) is 0 Å². The number of methoxy groups -OCH3 is 1. The van der Waals surface area contributed by atoms with Crippen LogP contribution in [-0.4, -0.2) is 18.1 Å². The third-order valence-corrected chi connectivity index (χ3v) is 2.57. The number of aromatic amines is 1. The average Bonchev–Trinajstić information content (AvgIpc) is 2.30. The van der Waals surface area contributed by atoms with Gasteiger partial charge in [-0.2, -0.15) is 0 Å². The highest BCUT2D eigenvalue weighted by Crippen LogP contribution is 2.19. The molecule has 0 unspecified atom stereocenters. The number of hydrogen-bond acceptors (Lipinski definition) is 3. The number of ether oxygens (including phenoxy) is 1. The molecule has 4 nitrogen and oxygen atoms in total. The molecule has 1 heterocycles. The van der Waals surface area contributed by atoms with Gasteiger partial charge in [-0.05, 0) is 12.1 Å². The number of carbonyl (C=O) groups is 1. The second-order valence-corrected chi connectivity index (χ2v) is 3.76. The highest BCUT2D eigenvalue weighted by atomic mass is 35.5. The van der Waals surface area contributed by atoms with Gasteiger partial charge in [0.05, 0.1) is 17.6 Å². The van der Waals surface area contributed by atoms with Gasteiger partial charge in [0.1, 0.15) is 11.5 Å². The van der Waals surface area contributed by atoms with Gasteiger partial charge in [-0.25, -0.2) is 9.18 Å². The van der Waals surface area contributed by atoms with Crippen molar-refractivity contribution in [3.05, 3.63) is 45.0 Å². The Balaban J connectivity index is 2.78. The van der Waals surface area contributed by atoms with E-state index in [0.717, 1.165) is 12.1 Å². The molecule has 6 heteroatoms. The number of halogens is 2. The number of nitrogens with one attached hydrogen (secondary N) is 1. The molecule has 88 valence electrons. The van der Waals surface area contributed by atoms with E-state index in [0.29, 0.717) is 0 Å². The summed E-state index contributed by atoms with van der Waals surface area (Å²) in [6.07, 6.45) is 0. The molecule has 0 bridgehead atoms. The molecule has 1 N–H and O–H groups in total. The summed E-state index contributed by atoms with van der Waals surface area (Å²) in [7, 11) is 1.19. The monoisotopic (exact) mass is 255 g/mol. The van der Waals surface area contributed by atoms with Crippen molar-refractivity contribution in [2.45, 2.75) is 0 Å². The highest BCUT2D eigenvalue weighted by Gasteiger charge is 2.11. The summed E-state index contributed by atoms with van der Waals surface area (Å²) in [4.78, 5) is 25.5. The van der Waals surface area contributed by atoms with Crippen LogP contribution in [0, 0.1) is 5.82 Å². The third kappa shape index (κ3) is 2.01. The summed E-state index contributed by atoms with van der Waals surface area (Å²) in [6, 6.07) is 3.36. The number of rotatable bonds is 1. The normalized spacial score (nSPS) is 10.5. The predicted molar refractivity (Wildman–Crippen MR) is 60.9 cm³/mol. The standard InChI is InChI=1S/C11H7ClFNO3/c1-17-11(16)9-4-10(15)5-2-6(12)7(13)3-8(5)14-9/h2-4H,1H3,(H,14,15). The number of H-pyrrole nitrogens is 1. The van der Waals surface area contributed by atoms with Crippen LogP contribution in [0.4, 0.5) is 4.39 Å². The van der Waals surface area contributed by atoms with Crippen molar-refractivity contribution >= 4 is 28.5 Å². The van der Waals surface area contributed by atoms with E-state index in [1.54, 1.807) is 0 Å². The second kappa shape index (κ2) is 4.18. The van der Waals surface area contributed by atoms with Crippen LogP contribution in [0.5, 0.6) is 0 Å². The first-order valence-corrected chi connectivity index (χ1v) is 5.01. The Kier molecular flexibility index (Phi) is 2.85. The molecule has 2 aromatic rings. The van der Waals surface area contributed by atoms with Gasteiger partial charge in [0, 0.05) is 11.5 Å². The first kappa shape index (κ1) is 11.6. The summed E-state index contributed by atoms with van der Waals surface area (Å²) in [6.45, 7) is 0. The summed E-state index contributed by atoms with van der Waals surface area (Å²) in [5.41, 5.74) is -0.271. The minimum absolute atomic E-state index is 0.0354. The van der Waals surface area contributed by atoms with E-state index in [9.17, 15) is 14.0 Å². The summed E-state index contributed by atoms with van der Waals surface area (Å²) in [5.74, 6) is -1.36. The first-order chi connectivity index (χ1) is 8.02. The van der Waals surface area contributed by atoms with Crippen LogP contribution in [0.3, 0.4) is 0 Å². The molecule has 0 spiro atoms. The maximum absolute atomic E-state index is 13.2. The van der Waals surface area contributed by atoms with Gasteiger partial charge >= 0.3 is 5.97 Å². The Labute approximate surface area is 100.0 Å². The Hall–Kier alpha value is -1.88. The molecule has 0 atom stereocenters. The lowest BCUT2D eigenvalue weighted by atomic mass is 10.2. The van der Waals surface area contributed by atoms with E-state index < -0.39 is 17.2 Å². The molecule has 0 fully saturated rings. The molecule has 2 rings (SSSR count). The molecule has 17 heavy (non-hydrogen) atoms. The van der Waals surface area contributed by atoms with Crippen LogP contribution < -0.4 is 5.43 Å². The van der Waals surface area contributed by atoms with Gasteiger partial charge in [0.15, 0.2) is 5.43 Å². The third-order valence-electron chi connectivity index (χ3n) is 2.28. The van der Waals surface area contributed by atoms with Crippen LogP contribution in [0.15, 0.2) is 23.0 Å². The van der Waals surface area contributed by atoms with Gasteiger partial charge in [0.25, 0.3) is 0 Å². The predicted octanol–water partition coefficient (Wildman–Crippen LogP) is 2.11. The van der Waals surface area contributed by atoms with Gasteiger partial charge in [-0.3, -0.25) is 4.79 Å². The zero-order valence-corrected chi connectivity index (χ0v) is 9.47. The lowest BCUT2D eigenvalue weighted by molar-refractivity contribution is 0.0594. The van der Waals surface area contributed by atoms with Crippen molar-refractivity contribution in [3.8, 4) is 0 Å². The van der Waals surface area contributed by atoms with E-state index in [4.69, 9.17) is 11.6 Å². The molecule has 0 aliphatic heterocycles. The fourth-order valence-electron chi connectivity index (χ4n) is 1.46. The molecule has 0 saturated heterocycles. The maximum Gasteiger partial charge on any atom is 0.354 e. The van der Waals surface area contributed by atoms with Gasteiger partial charge in [0.2, 0.25) is 0 Å². The van der Waals surface area contributed by atoms with E-state index in [2.05, 4.69) is 9.72 Å². The Morgan fingerprint density at radius 3 is 2.76 bits per heavy atom. The van der Waals surface area contributed by atoms with Crippen molar-refractivity contribution in [2.75, 3.05) is 7.11 Å². The number of aromatic nitrogens is 1. The molecular weight excluding hydrogens is 249 g/mol. The lowest BCUT2D eigenvalue weighted by Crippen LogP contribution is -2.11. The minimum atomic E-state index is -0.695. The Morgan fingerprint density at radius 1 is 1.41 bits per heavy atom. The van der Waals surface area contributed by atoms with Crippen molar-refractivity contribution in [1.82, 2.24) is 4.98 Å². The summed E-state index contributed by atoms with van der Waals surface area (Å²) in [5, 5.41) is 0.0675. The van der Waals surface area contributed by atoms with Crippen LogP contribution in [0.1, 0.15) is 10.5 Å². The van der Waals surface area contributed by atoms with Crippen LogP contribution in [0.2, 0.25) is 5.02 Å². The molecule has 0 radical (unpaired) electrons. The van der Waals surface area contributed by atoms with Crippen LogP contribution in [0.25, 0.3) is 10.9 Å². The van der Waals surface area contributed by atoms with E-state index >= 15 is 0 Å². The summed E-state index contributed by atoms with van der Waals surface area (Å²) < 4.78 is 17.7. The fraction of sp³-hybridized carbons (Fsp3) is 0.0909. The summed E-state index contributed by atoms with van der Waals surface area (Å²) >= 11 is 5.57. The van der Waals surface area contributed by atoms with Crippen LogP contribution in [-0.2, 0) is 4.74 Å². The highest BCUT2D eigenvalue weighted by molar-refractivity contribution is 6.31. The van der Waals surface area contributed by atoms with Gasteiger partial charge in [-0.15, -0.1) is 0 Å². The topological polar surface area (TPSA) is 59.2 Å². The number of esters is 1. The van der Waals surface area contributed by atoms with Crippen molar-refractivity contribution in [3.63, 3.8) is 0 Å². The molecule has 0 aliphatic carbocycles. The molecule has 1 aromatic heterocycles. The van der Waals surface area contributed by atoms with Gasteiger partial charge in [-0.1, -0.05) is 11.6 Å². The molecule has 0 saturated carbocycles. The Morgan fingerprint density at radius 2 is 2.12 bits per heavy atom. The molecule has 0 aliphatic rings. The molecular formula is C11H7ClFNO3. The average molecular weight is 256 g/mol. The van der Waals surface area contributed by atoms with Crippen molar-refractivity contribution in [2.24, 2.45) is 0 Å². The van der Waals surface area contributed by atoms with Crippen molar-refractivity contribution < 1.29 is 13.9 Å². The lowest BCUT2D eigenvalue weighted by Gasteiger charge is -2.03. The van der Waals surface area contributed by atoms with Gasteiger partial charge < -0.3 is 9.72 Å². The number of carbonyl (C=O) groups excluding carboxylic acids is 1. The smallest absolute Gasteiger partial charge is 0.354 e. The van der Waals surface area contributed by atoms with Crippen LogP contribution >= 0.6 is 11.6 Å². The second-order valence-electron chi connectivity index (χ2n) is 3.35. The maximum atomic E-state index is 13.2. The fourth-order valence-corrected chi connectivity index (χ4v) is 1.63. The van der Waals surface area contributed by atoms with Crippen molar-refractivity contribution in [1.29, 1.82) is 0 Å². The molecule has 1 aromatic carbocycles.